The average Bonchev–Trinajstić information content (AvgIpc) is 3.28. The Bertz CT molecular complexity index is 1440. The molecule has 2 N–H and O–H groups in total. The van der Waals surface area contributed by atoms with Crippen LogP contribution in [0.15, 0.2) is 60.9 Å². The number of fused-ring (bicyclic) bond motifs is 1. The molecule has 0 saturated carbocycles. The summed E-state index contributed by atoms with van der Waals surface area (Å²) in [7, 11) is 0. The second kappa shape index (κ2) is 9.93. The molecule has 0 radical (unpaired) electrons. The number of H-pyrrole nitrogens is 1. The molecule has 9 nitrogen and oxygen atoms in total. The highest BCUT2D eigenvalue weighted by Gasteiger charge is 2.31. The molecule has 0 unspecified atom stereocenters. The number of piperazine rings is 1. The van der Waals surface area contributed by atoms with E-state index < -0.39 is 6.09 Å². The second-order valence-corrected chi connectivity index (χ2v) is 9.56. The number of carbonyl (C=O) groups is 2. The van der Waals surface area contributed by atoms with Crippen molar-refractivity contribution < 1.29 is 15.8 Å². The van der Waals surface area contributed by atoms with E-state index >= 15 is 0 Å². The number of benzene rings is 1. The monoisotopic (exact) mass is 500 g/mol. The lowest BCUT2D eigenvalue weighted by Crippen LogP contribution is -2.58. The van der Waals surface area contributed by atoms with Gasteiger partial charge < -0.3 is 19.5 Å². The SMILES string of the molecule is CC(=O)N1[C@H](C)CN(c2cccc(-c3c[nH]c4ncc(NC(=O)Oc5ccc(C)cc5)cc34)n2)C[C@@H]1C.[HH]. The summed E-state index contributed by atoms with van der Waals surface area (Å²) < 4.78 is 5.38. The van der Waals surface area contributed by atoms with E-state index in [-0.39, 0.29) is 19.4 Å². The number of amides is 2. The van der Waals surface area contributed by atoms with Crippen molar-refractivity contribution in [2.24, 2.45) is 0 Å². The first-order chi connectivity index (χ1) is 17.8. The van der Waals surface area contributed by atoms with Gasteiger partial charge in [-0.3, -0.25) is 10.1 Å². The lowest BCUT2D eigenvalue weighted by atomic mass is 10.1. The highest BCUT2D eigenvalue weighted by atomic mass is 16.6. The molecule has 2 atom stereocenters. The zero-order chi connectivity index (χ0) is 26.1. The van der Waals surface area contributed by atoms with E-state index in [9.17, 15) is 9.59 Å². The fourth-order valence-electron chi connectivity index (χ4n) is 5.02. The van der Waals surface area contributed by atoms with E-state index in [2.05, 4.69) is 34.0 Å². The minimum absolute atomic E-state index is 0. The molecular formula is C28H32N6O3. The third-order valence-electron chi connectivity index (χ3n) is 6.63. The first-order valence-corrected chi connectivity index (χ1v) is 12.3. The van der Waals surface area contributed by atoms with Gasteiger partial charge in [0, 0.05) is 50.7 Å². The predicted octanol–water partition coefficient (Wildman–Crippen LogP) is 5.24. The second-order valence-electron chi connectivity index (χ2n) is 9.56. The van der Waals surface area contributed by atoms with E-state index in [1.165, 1.54) is 0 Å². The Balaban J connectivity index is 0.00000336. The number of pyridine rings is 2. The van der Waals surface area contributed by atoms with Gasteiger partial charge in [-0.25, -0.2) is 14.8 Å². The summed E-state index contributed by atoms with van der Waals surface area (Å²) in [6.07, 6.45) is 2.87. The van der Waals surface area contributed by atoms with E-state index in [0.29, 0.717) is 30.2 Å². The Morgan fingerprint density at radius 2 is 1.84 bits per heavy atom. The van der Waals surface area contributed by atoms with Gasteiger partial charge in [-0.05, 0) is 51.1 Å². The fraction of sp³-hybridized carbons (Fsp3) is 0.286. The van der Waals surface area contributed by atoms with E-state index in [1.54, 1.807) is 25.3 Å². The average molecular weight is 501 g/mol. The van der Waals surface area contributed by atoms with Gasteiger partial charge in [-0.2, -0.15) is 0 Å². The van der Waals surface area contributed by atoms with Gasteiger partial charge in [0.15, 0.2) is 0 Å². The zero-order valence-electron chi connectivity index (χ0n) is 21.4. The van der Waals surface area contributed by atoms with Crippen molar-refractivity contribution in [1.29, 1.82) is 0 Å². The molecule has 0 spiro atoms. The van der Waals surface area contributed by atoms with Gasteiger partial charge in [0.1, 0.15) is 17.2 Å². The standard InChI is InChI=1S/C28H30N6O3.H2/c1-17-8-10-22(11-9-17)37-28(36)31-21-12-23-24(14-30-27(23)29-13-21)25-6-5-7-26(32-25)33-15-18(2)34(20(4)35)19(3)16-33;/h5-14,18-19H,15-16H2,1-4H3,(H,29,30)(H,31,36);1H/t18-,19+;. The molecule has 4 heterocycles. The molecule has 2 amide bonds. The van der Waals surface area contributed by atoms with Crippen LogP contribution in [0.5, 0.6) is 5.75 Å². The largest absolute Gasteiger partial charge is 0.417 e. The Hall–Kier alpha value is -4.40. The number of anilines is 2. The van der Waals surface area contributed by atoms with Gasteiger partial charge >= 0.3 is 6.09 Å². The van der Waals surface area contributed by atoms with Crippen LogP contribution in [-0.4, -0.2) is 57.0 Å². The molecule has 3 aromatic heterocycles. The summed E-state index contributed by atoms with van der Waals surface area (Å²) in [5.41, 5.74) is 3.96. The number of nitrogens with one attached hydrogen (secondary N) is 2. The number of aromatic nitrogens is 3. The number of aromatic amines is 1. The van der Waals surface area contributed by atoms with Crippen LogP contribution in [0.4, 0.5) is 16.3 Å². The number of hydrogen-bond acceptors (Lipinski definition) is 6. The summed E-state index contributed by atoms with van der Waals surface area (Å²) >= 11 is 0. The first-order valence-electron chi connectivity index (χ1n) is 12.3. The molecule has 4 aromatic rings. The van der Waals surface area contributed by atoms with Crippen molar-refractivity contribution in [2.45, 2.75) is 39.8 Å². The van der Waals surface area contributed by atoms with Gasteiger partial charge in [-0.1, -0.05) is 23.8 Å². The molecule has 37 heavy (non-hydrogen) atoms. The summed E-state index contributed by atoms with van der Waals surface area (Å²) in [4.78, 5) is 41.2. The van der Waals surface area contributed by atoms with Crippen LogP contribution < -0.4 is 15.0 Å². The maximum absolute atomic E-state index is 12.4. The van der Waals surface area contributed by atoms with E-state index in [1.807, 2.05) is 54.4 Å². The summed E-state index contributed by atoms with van der Waals surface area (Å²) in [5.74, 6) is 1.42. The topological polar surface area (TPSA) is 103 Å². The van der Waals surface area contributed by atoms with Crippen molar-refractivity contribution in [1.82, 2.24) is 19.9 Å². The fourth-order valence-corrected chi connectivity index (χ4v) is 5.02. The minimum atomic E-state index is -0.588. The van der Waals surface area contributed by atoms with Crippen molar-refractivity contribution in [3.05, 3.63) is 66.5 Å². The van der Waals surface area contributed by atoms with Crippen molar-refractivity contribution in [3.63, 3.8) is 0 Å². The Morgan fingerprint density at radius 1 is 1.11 bits per heavy atom. The predicted molar refractivity (Wildman–Crippen MR) is 146 cm³/mol. The Labute approximate surface area is 217 Å². The molecule has 5 rings (SSSR count). The molecule has 1 saturated heterocycles. The lowest BCUT2D eigenvalue weighted by molar-refractivity contribution is -0.133. The van der Waals surface area contributed by atoms with Gasteiger partial charge in [-0.15, -0.1) is 0 Å². The van der Waals surface area contributed by atoms with Gasteiger partial charge in [0.2, 0.25) is 5.91 Å². The first kappa shape index (κ1) is 24.3. The van der Waals surface area contributed by atoms with Crippen LogP contribution in [0, 0.1) is 6.92 Å². The molecule has 0 bridgehead atoms. The van der Waals surface area contributed by atoms with Gasteiger partial charge in [0.05, 0.1) is 17.6 Å². The Morgan fingerprint density at radius 3 is 2.54 bits per heavy atom. The number of carbonyl (C=O) groups excluding carboxylic acids is 2. The zero-order valence-corrected chi connectivity index (χ0v) is 21.4. The number of nitrogens with zero attached hydrogens (tertiary/aromatic N) is 4. The number of rotatable bonds is 4. The molecule has 9 heteroatoms. The van der Waals surface area contributed by atoms with Crippen LogP contribution in [-0.2, 0) is 4.79 Å². The molecule has 1 aromatic carbocycles. The van der Waals surface area contributed by atoms with Crippen LogP contribution in [0.25, 0.3) is 22.3 Å². The van der Waals surface area contributed by atoms with Gasteiger partial charge in [0.25, 0.3) is 0 Å². The molecular weight excluding hydrogens is 468 g/mol. The molecule has 192 valence electrons. The maximum atomic E-state index is 12.4. The normalized spacial score (nSPS) is 17.6. The quantitative estimate of drug-likeness (QED) is 0.397. The summed E-state index contributed by atoms with van der Waals surface area (Å²) in [6.45, 7) is 9.16. The summed E-state index contributed by atoms with van der Waals surface area (Å²) in [5, 5.41) is 3.59. The van der Waals surface area contributed by atoms with Crippen LogP contribution in [0.2, 0.25) is 0 Å². The lowest BCUT2D eigenvalue weighted by Gasteiger charge is -2.44. The number of hydrogen-bond donors (Lipinski definition) is 2. The van der Waals surface area contributed by atoms with Crippen LogP contribution in [0.1, 0.15) is 27.8 Å². The smallest absolute Gasteiger partial charge is 0.410 e. The molecule has 0 aliphatic carbocycles. The van der Waals surface area contributed by atoms with E-state index in [4.69, 9.17) is 9.72 Å². The van der Waals surface area contributed by atoms with Crippen LogP contribution in [0.3, 0.4) is 0 Å². The van der Waals surface area contributed by atoms with Crippen LogP contribution >= 0.6 is 0 Å². The third kappa shape index (κ3) is 5.11. The highest BCUT2D eigenvalue weighted by molar-refractivity contribution is 5.96. The Kier molecular flexibility index (Phi) is 6.52. The minimum Gasteiger partial charge on any atom is -0.410 e. The third-order valence-corrected chi connectivity index (χ3v) is 6.63. The van der Waals surface area contributed by atoms with Crippen molar-refractivity contribution in [2.75, 3.05) is 23.3 Å². The molecule has 1 aliphatic rings. The molecule has 1 fully saturated rings. The number of aryl methyl sites for hydroxylation is 1. The molecule has 1 aliphatic heterocycles. The maximum Gasteiger partial charge on any atom is 0.417 e. The summed E-state index contributed by atoms with van der Waals surface area (Å²) in [6, 6.07) is 15.2. The van der Waals surface area contributed by atoms with Crippen molar-refractivity contribution >= 4 is 34.5 Å². The highest BCUT2D eigenvalue weighted by Crippen LogP contribution is 2.30. The number of ether oxygens (including phenoxy) is 1. The van der Waals surface area contributed by atoms with E-state index in [0.717, 1.165) is 28.0 Å². The van der Waals surface area contributed by atoms with Crippen molar-refractivity contribution in [3.8, 4) is 17.0 Å².